The molecule has 0 radical (unpaired) electrons. The third kappa shape index (κ3) is 1.16. The molecule has 0 fully saturated rings. The Hall–Kier alpha value is -1.10. The largest absolute Gasteiger partial charge is 0.374 e. The van der Waals surface area contributed by atoms with Gasteiger partial charge in [-0.1, -0.05) is 18.2 Å². The molecule has 4 heteroatoms. The van der Waals surface area contributed by atoms with E-state index in [4.69, 9.17) is 5.11 Å². The van der Waals surface area contributed by atoms with E-state index in [1.54, 1.807) is 6.07 Å². The maximum Gasteiger partial charge on any atom is 0.183 e. The lowest BCUT2D eigenvalue weighted by Crippen LogP contribution is -2.42. The molecule has 64 valence electrons. The molecule has 0 saturated carbocycles. The van der Waals surface area contributed by atoms with Crippen molar-refractivity contribution >= 4 is 5.69 Å². The molecule has 1 unspecified atom stereocenters. The Morgan fingerprint density at radius 2 is 1.92 bits per heavy atom. The second kappa shape index (κ2) is 2.75. The lowest BCUT2D eigenvalue weighted by Gasteiger charge is -2.28. The highest BCUT2D eigenvalue weighted by Gasteiger charge is 2.20. The van der Waals surface area contributed by atoms with E-state index in [2.05, 4.69) is 10.6 Å². The van der Waals surface area contributed by atoms with Crippen LogP contribution in [0, 0.1) is 0 Å². The molecular weight excluding hydrogens is 156 g/mol. The lowest BCUT2D eigenvalue weighted by atomic mass is 10.1. The second-order valence-electron chi connectivity index (χ2n) is 2.70. The number of anilines is 1. The first kappa shape index (κ1) is 7.54. The maximum absolute atomic E-state index is 9.42. The number of hydrogen-bond acceptors (Lipinski definition) is 4. The zero-order valence-electron chi connectivity index (χ0n) is 6.36. The van der Waals surface area contributed by atoms with Crippen LogP contribution in [-0.2, 0) is 0 Å². The number of aliphatic hydroxyl groups is 2. The predicted octanol–water partition coefficient (Wildman–Crippen LogP) is -0.0315. The molecule has 0 aliphatic carbocycles. The van der Waals surface area contributed by atoms with Crippen molar-refractivity contribution in [1.29, 1.82) is 0 Å². The van der Waals surface area contributed by atoms with Gasteiger partial charge in [-0.05, 0) is 6.07 Å². The maximum atomic E-state index is 9.42. The Labute approximate surface area is 69.8 Å². The summed E-state index contributed by atoms with van der Waals surface area (Å²) in [6, 6.07) is 7.29. The average Bonchev–Trinajstić information content (AvgIpc) is 2.04. The first-order valence-electron chi connectivity index (χ1n) is 3.75. The number of para-hydroxylation sites is 1. The monoisotopic (exact) mass is 166 g/mol. The number of fused-ring (bicyclic) bond motifs is 1. The topological polar surface area (TPSA) is 64.5 Å². The van der Waals surface area contributed by atoms with E-state index < -0.39 is 12.6 Å². The fourth-order valence-corrected chi connectivity index (χ4v) is 1.30. The molecule has 0 bridgehead atoms. The minimum Gasteiger partial charge on any atom is -0.374 e. The van der Waals surface area contributed by atoms with E-state index in [0.29, 0.717) is 0 Å². The van der Waals surface area contributed by atoms with Gasteiger partial charge in [-0.25, -0.2) is 5.32 Å². The fraction of sp³-hybridized carbons (Fsp3) is 0.250. The van der Waals surface area contributed by atoms with Crippen LogP contribution in [0.25, 0.3) is 0 Å². The Kier molecular flexibility index (Phi) is 1.73. The van der Waals surface area contributed by atoms with Crippen LogP contribution < -0.4 is 10.6 Å². The summed E-state index contributed by atoms with van der Waals surface area (Å²) in [7, 11) is 0. The average molecular weight is 166 g/mol. The number of nitrogens with one attached hydrogen (secondary N) is 2. The molecule has 1 heterocycles. The quantitative estimate of drug-likeness (QED) is 0.437. The Morgan fingerprint density at radius 3 is 2.75 bits per heavy atom. The summed E-state index contributed by atoms with van der Waals surface area (Å²) in [5.74, 6) is 0. The van der Waals surface area contributed by atoms with Crippen LogP contribution in [0.2, 0.25) is 0 Å². The molecule has 1 aromatic carbocycles. The van der Waals surface area contributed by atoms with Crippen molar-refractivity contribution in [3.05, 3.63) is 29.8 Å². The van der Waals surface area contributed by atoms with Gasteiger partial charge < -0.3 is 15.5 Å². The van der Waals surface area contributed by atoms with Crippen LogP contribution in [0.4, 0.5) is 5.69 Å². The highest BCUT2D eigenvalue weighted by Crippen LogP contribution is 2.24. The Morgan fingerprint density at radius 1 is 1.17 bits per heavy atom. The van der Waals surface area contributed by atoms with Crippen molar-refractivity contribution in [2.45, 2.75) is 12.6 Å². The van der Waals surface area contributed by atoms with Crippen LogP contribution in [0.15, 0.2) is 24.3 Å². The normalized spacial score (nSPS) is 27.5. The minimum atomic E-state index is -0.880. The van der Waals surface area contributed by atoms with Gasteiger partial charge in [0.05, 0.1) is 0 Å². The van der Waals surface area contributed by atoms with Gasteiger partial charge in [-0.3, -0.25) is 0 Å². The molecule has 4 nitrogen and oxygen atoms in total. The van der Waals surface area contributed by atoms with Crippen LogP contribution in [-0.4, -0.2) is 16.6 Å². The van der Waals surface area contributed by atoms with Gasteiger partial charge in [0.15, 0.2) is 6.35 Å². The van der Waals surface area contributed by atoms with Gasteiger partial charge >= 0.3 is 0 Å². The van der Waals surface area contributed by atoms with E-state index >= 15 is 0 Å². The van der Waals surface area contributed by atoms with E-state index in [1.165, 1.54) is 0 Å². The number of benzene rings is 1. The summed E-state index contributed by atoms with van der Waals surface area (Å²) in [5.41, 5.74) is 1.51. The van der Waals surface area contributed by atoms with Crippen LogP contribution in [0.5, 0.6) is 0 Å². The fourth-order valence-electron chi connectivity index (χ4n) is 1.30. The summed E-state index contributed by atoms with van der Waals surface area (Å²) in [5, 5.41) is 23.9. The molecule has 0 aromatic heterocycles. The molecule has 4 N–H and O–H groups in total. The van der Waals surface area contributed by atoms with E-state index in [1.807, 2.05) is 18.2 Å². The molecular formula is C8H10N2O2. The van der Waals surface area contributed by atoms with Crippen molar-refractivity contribution in [3.8, 4) is 0 Å². The molecule has 1 aliphatic rings. The molecule has 2 rings (SSSR count). The van der Waals surface area contributed by atoms with Gasteiger partial charge in [0.1, 0.15) is 6.23 Å². The third-order valence-corrected chi connectivity index (χ3v) is 1.86. The third-order valence-electron chi connectivity index (χ3n) is 1.86. The van der Waals surface area contributed by atoms with Crippen molar-refractivity contribution in [3.63, 3.8) is 0 Å². The zero-order valence-corrected chi connectivity index (χ0v) is 6.36. The molecule has 12 heavy (non-hydrogen) atoms. The molecule has 2 atom stereocenters. The summed E-state index contributed by atoms with van der Waals surface area (Å²) in [6.07, 6.45) is -1.67. The van der Waals surface area contributed by atoms with E-state index in [0.717, 1.165) is 11.3 Å². The summed E-state index contributed by atoms with van der Waals surface area (Å²) < 4.78 is 0. The van der Waals surface area contributed by atoms with Crippen molar-refractivity contribution in [2.24, 2.45) is 0 Å². The zero-order chi connectivity index (χ0) is 8.55. The van der Waals surface area contributed by atoms with Crippen LogP contribution >= 0.6 is 0 Å². The standard InChI is InChI=1S/C8H10N2O2/c11-7-5-3-1-2-4-6(5)9-8(12)10-7/h1-4,7-12H/t7?,8-/m1/s1. The second-order valence-corrected chi connectivity index (χ2v) is 2.70. The van der Waals surface area contributed by atoms with Gasteiger partial charge in [-0.15, -0.1) is 0 Å². The van der Waals surface area contributed by atoms with Gasteiger partial charge in [-0.2, -0.15) is 0 Å². The first-order valence-corrected chi connectivity index (χ1v) is 3.75. The van der Waals surface area contributed by atoms with Crippen LogP contribution in [0.3, 0.4) is 0 Å². The lowest BCUT2D eigenvalue weighted by molar-refractivity contribution is 0.0488. The van der Waals surface area contributed by atoms with E-state index in [-0.39, 0.29) is 0 Å². The highest BCUT2D eigenvalue weighted by molar-refractivity contribution is 5.53. The van der Waals surface area contributed by atoms with Gasteiger partial charge in [0.25, 0.3) is 0 Å². The summed E-state index contributed by atoms with van der Waals surface area (Å²) in [4.78, 5) is 0. The molecule has 1 aliphatic heterocycles. The highest BCUT2D eigenvalue weighted by atomic mass is 16.3. The summed E-state index contributed by atoms with van der Waals surface area (Å²) >= 11 is 0. The SMILES string of the molecule is OC1N[C@H](O)Nc2ccccc21. The minimum absolute atomic E-state index is 0.753. The first-order chi connectivity index (χ1) is 5.77. The van der Waals surface area contributed by atoms with Crippen molar-refractivity contribution < 1.29 is 10.2 Å². The van der Waals surface area contributed by atoms with Crippen LogP contribution in [0.1, 0.15) is 11.8 Å². The molecule has 1 aromatic rings. The Bertz CT molecular complexity index is 290. The number of aliphatic hydroxyl groups excluding tert-OH is 2. The Balaban J connectivity index is 2.40. The molecule has 0 amide bonds. The van der Waals surface area contributed by atoms with Gasteiger partial charge in [0.2, 0.25) is 0 Å². The predicted molar refractivity (Wildman–Crippen MR) is 44.2 cm³/mol. The van der Waals surface area contributed by atoms with Gasteiger partial charge in [0, 0.05) is 11.3 Å². The molecule has 0 saturated heterocycles. The van der Waals surface area contributed by atoms with E-state index in [9.17, 15) is 5.11 Å². The summed E-state index contributed by atoms with van der Waals surface area (Å²) in [6.45, 7) is 0. The van der Waals surface area contributed by atoms with Crippen molar-refractivity contribution in [1.82, 2.24) is 5.32 Å². The number of rotatable bonds is 0. The molecule has 0 spiro atoms. The van der Waals surface area contributed by atoms with Crippen molar-refractivity contribution in [2.75, 3.05) is 5.32 Å². The number of hydrogen-bond donors (Lipinski definition) is 4. The smallest absolute Gasteiger partial charge is 0.183 e.